The maximum Gasteiger partial charge on any atom is 0.323 e. The summed E-state index contributed by atoms with van der Waals surface area (Å²) in [6.07, 6.45) is 0. The van der Waals surface area contributed by atoms with Crippen molar-refractivity contribution < 1.29 is 9.53 Å². The zero-order valence-corrected chi connectivity index (χ0v) is 9.76. The average molecular weight is 220 g/mol. The quantitative estimate of drug-likeness (QED) is 0.822. The average Bonchev–Trinajstić information content (AvgIpc) is 2.16. The van der Waals surface area contributed by atoms with E-state index < -0.39 is 0 Å². The molecule has 2 amide bonds. The zero-order valence-electron chi connectivity index (χ0n) is 9.76. The maximum atomic E-state index is 11.5. The third-order valence-corrected chi connectivity index (χ3v) is 1.93. The van der Waals surface area contributed by atoms with E-state index in [1.165, 1.54) is 0 Å². The standard InChI is InChI=1S/C12H16N2O2/c1-8(2)13-12(15)14-10-7-9(3)5-6-11(10)16-4/h5-7H,1H2,2-4H3,(H2,13,14,15). The molecule has 2 N–H and O–H groups in total. The second-order valence-corrected chi connectivity index (χ2v) is 3.56. The zero-order chi connectivity index (χ0) is 12.1. The molecule has 1 aromatic carbocycles. The number of hydrogen-bond donors (Lipinski definition) is 2. The van der Waals surface area contributed by atoms with Gasteiger partial charge in [0.15, 0.2) is 0 Å². The van der Waals surface area contributed by atoms with Gasteiger partial charge in [0.05, 0.1) is 12.8 Å². The van der Waals surface area contributed by atoms with Gasteiger partial charge in [-0.2, -0.15) is 0 Å². The van der Waals surface area contributed by atoms with Crippen molar-refractivity contribution in [2.75, 3.05) is 12.4 Å². The van der Waals surface area contributed by atoms with Crippen LogP contribution in [0.3, 0.4) is 0 Å². The van der Waals surface area contributed by atoms with Gasteiger partial charge < -0.3 is 15.4 Å². The largest absolute Gasteiger partial charge is 0.495 e. The van der Waals surface area contributed by atoms with Gasteiger partial charge in [-0.05, 0) is 31.5 Å². The summed E-state index contributed by atoms with van der Waals surface area (Å²) < 4.78 is 5.14. The van der Waals surface area contributed by atoms with Crippen molar-refractivity contribution in [2.45, 2.75) is 13.8 Å². The SMILES string of the molecule is C=C(C)NC(=O)Nc1cc(C)ccc1OC. The number of urea groups is 1. The van der Waals surface area contributed by atoms with Gasteiger partial charge in [-0.25, -0.2) is 4.79 Å². The highest BCUT2D eigenvalue weighted by Gasteiger charge is 2.06. The molecule has 0 spiro atoms. The van der Waals surface area contributed by atoms with Gasteiger partial charge in [-0.15, -0.1) is 0 Å². The highest BCUT2D eigenvalue weighted by Crippen LogP contribution is 2.24. The van der Waals surface area contributed by atoms with Crippen molar-refractivity contribution in [1.82, 2.24) is 5.32 Å². The lowest BCUT2D eigenvalue weighted by Crippen LogP contribution is -2.26. The van der Waals surface area contributed by atoms with Gasteiger partial charge >= 0.3 is 6.03 Å². The number of hydrogen-bond acceptors (Lipinski definition) is 2. The molecule has 0 radical (unpaired) electrons. The van der Waals surface area contributed by atoms with E-state index in [4.69, 9.17) is 4.74 Å². The first-order valence-corrected chi connectivity index (χ1v) is 4.91. The summed E-state index contributed by atoms with van der Waals surface area (Å²) in [5.41, 5.74) is 2.27. The second kappa shape index (κ2) is 5.21. The predicted octanol–water partition coefficient (Wildman–Crippen LogP) is 2.66. The Morgan fingerprint density at radius 1 is 1.44 bits per heavy atom. The Hall–Kier alpha value is -1.97. The summed E-state index contributed by atoms with van der Waals surface area (Å²) in [6, 6.07) is 5.25. The fourth-order valence-electron chi connectivity index (χ4n) is 1.27. The molecule has 86 valence electrons. The number of aryl methyl sites for hydroxylation is 1. The number of ether oxygens (including phenoxy) is 1. The fraction of sp³-hybridized carbons (Fsp3) is 0.250. The molecule has 1 rings (SSSR count). The number of benzene rings is 1. The van der Waals surface area contributed by atoms with Crippen LogP contribution < -0.4 is 15.4 Å². The van der Waals surface area contributed by atoms with Gasteiger partial charge in [0, 0.05) is 5.70 Å². The van der Waals surface area contributed by atoms with E-state index in [1.54, 1.807) is 14.0 Å². The lowest BCUT2D eigenvalue weighted by atomic mass is 10.2. The van der Waals surface area contributed by atoms with Crippen LogP contribution in [0, 0.1) is 6.92 Å². The van der Waals surface area contributed by atoms with Crippen LogP contribution in [0.15, 0.2) is 30.5 Å². The van der Waals surface area contributed by atoms with Crippen LogP contribution in [0.25, 0.3) is 0 Å². The van der Waals surface area contributed by atoms with Crippen molar-refractivity contribution in [3.05, 3.63) is 36.0 Å². The Bertz CT molecular complexity index is 413. The number of anilines is 1. The van der Waals surface area contributed by atoms with E-state index in [0.29, 0.717) is 17.1 Å². The fourth-order valence-corrected chi connectivity index (χ4v) is 1.27. The molecule has 4 nitrogen and oxygen atoms in total. The Labute approximate surface area is 95.3 Å². The molecule has 0 fully saturated rings. The Balaban J connectivity index is 2.83. The van der Waals surface area contributed by atoms with Crippen LogP contribution in [0.5, 0.6) is 5.75 Å². The second-order valence-electron chi connectivity index (χ2n) is 3.56. The summed E-state index contributed by atoms with van der Waals surface area (Å²) >= 11 is 0. The van der Waals surface area contributed by atoms with Crippen molar-refractivity contribution in [3.8, 4) is 5.75 Å². The van der Waals surface area contributed by atoms with Crippen LogP contribution in [-0.2, 0) is 0 Å². The topological polar surface area (TPSA) is 50.4 Å². The van der Waals surface area contributed by atoms with E-state index in [0.717, 1.165) is 5.56 Å². The van der Waals surface area contributed by atoms with Crippen molar-refractivity contribution >= 4 is 11.7 Å². The van der Waals surface area contributed by atoms with Crippen LogP contribution in [0.2, 0.25) is 0 Å². The molecule has 0 atom stereocenters. The molecule has 0 saturated heterocycles. The third kappa shape index (κ3) is 3.31. The smallest absolute Gasteiger partial charge is 0.323 e. The molecule has 16 heavy (non-hydrogen) atoms. The Morgan fingerprint density at radius 2 is 2.12 bits per heavy atom. The molecular weight excluding hydrogens is 204 g/mol. The number of carbonyl (C=O) groups is 1. The van der Waals surface area contributed by atoms with E-state index in [9.17, 15) is 4.79 Å². The lowest BCUT2D eigenvalue weighted by Gasteiger charge is -2.11. The molecule has 0 bridgehead atoms. The number of methoxy groups -OCH3 is 1. The van der Waals surface area contributed by atoms with E-state index in [2.05, 4.69) is 17.2 Å². The van der Waals surface area contributed by atoms with E-state index in [1.807, 2.05) is 25.1 Å². The van der Waals surface area contributed by atoms with Crippen LogP contribution in [0.4, 0.5) is 10.5 Å². The number of rotatable bonds is 3. The molecule has 0 unspecified atom stereocenters. The number of amides is 2. The van der Waals surface area contributed by atoms with Gasteiger partial charge in [-0.3, -0.25) is 0 Å². The van der Waals surface area contributed by atoms with Crippen molar-refractivity contribution in [2.24, 2.45) is 0 Å². The minimum atomic E-state index is -0.323. The lowest BCUT2D eigenvalue weighted by molar-refractivity contribution is 0.254. The van der Waals surface area contributed by atoms with Crippen molar-refractivity contribution in [3.63, 3.8) is 0 Å². The highest BCUT2D eigenvalue weighted by atomic mass is 16.5. The molecule has 0 aliphatic rings. The predicted molar refractivity (Wildman–Crippen MR) is 64.7 cm³/mol. The van der Waals surface area contributed by atoms with Crippen LogP contribution in [0.1, 0.15) is 12.5 Å². The normalized spacial score (nSPS) is 9.44. The summed E-state index contributed by atoms with van der Waals surface area (Å²) in [5, 5.41) is 5.26. The number of carbonyl (C=O) groups excluding carboxylic acids is 1. The molecule has 0 aliphatic heterocycles. The summed E-state index contributed by atoms with van der Waals surface area (Å²) in [7, 11) is 1.56. The molecule has 0 aliphatic carbocycles. The van der Waals surface area contributed by atoms with Crippen molar-refractivity contribution in [1.29, 1.82) is 0 Å². The van der Waals surface area contributed by atoms with Gasteiger partial charge in [0.1, 0.15) is 5.75 Å². The molecule has 0 saturated carbocycles. The highest BCUT2D eigenvalue weighted by molar-refractivity contribution is 5.91. The summed E-state index contributed by atoms with van der Waals surface area (Å²) in [6.45, 7) is 7.25. The van der Waals surface area contributed by atoms with Gasteiger partial charge in [-0.1, -0.05) is 12.6 Å². The summed E-state index contributed by atoms with van der Waals surface area (Å²) in [5.74, 6) is 0.627. The Morgan fingerprint density at radius 3 is 2.69 bits per heavy atom. The van der Waals surface area contributed by atoms with E-state index in [-0.39, 0.29) is 6.03 Å². The minimum absolute atomic E-state index is 0.323. The first-order valence-electron chi connectivity index (χ1n) is 4.91. The maximum absolute atomic E-state index is 11.5. The van der Waals surface area contributed by atoms with Crippen LogP contribution in [-0.4, -0.2) is 13.1 Å². The van der Waals surface area contributed by atoms with Gasteiger partial charge in [0.2, 0.25) is 0 Å². The third-order valence-electron chi connectivity index (χ3n) is 1.93. The van der Waals surface area contributed by atoms with E-state index >= 15 is 0 Å². The minimum Gasteiger partial charge on any atom is -0.495 e. The van der Waals surface area contributed by atoms with Gasteiger partial charge in [0.25, 0.3) is 0 Å². The molecule has 1 aromatic rings. The van der Waals surface area contributed by atoms with Crippen LogP contribution >= 0.6 is 0 Å². The Kier molecular flexibility index (Phi) is 3.94. The monoisotopic (exact) mass is 220 g/mol. The first-order chi connectivity index (χ1) is 7.52. The number of nitrogens with one attached hydrogen (secondary N) is 2. The first kappa shape index (κ1) is 12.1. The number of allylic oxidation sites excluding steroid dienone is 1. The summed E-state index contributed by atoms with van der Waals surface area (Å²) in [4.78, 5) is 11.5. The molecule has 0 heterocycles. The molecule has 4 heteroatoms. The molecular formula is C12H16N2O2. The molecule has 0 aromatic heterocycles.